The van der Waals surface area contributed by atoms with Crippen LogP contribution in [0.3, 0.4) is 0 Å². The van der Waals surface area contributed by atoms with Crippen molar-refractivity contribution in [3.8, 4) is 6.19 Å². The zero-order valence-electron chi connectivity index (χ0n) is 5.14. The average molecular weight is 130 g/mol. The molecule has 1 N–H and O–H groups in total. The minimum atomic E-state index is 0.537. The summed E-state index contributed by atoms with van der Waals surface area (Å²) in [5.41, 5.74) is 0. The summed E-state index contributed by atoms with van der Waals surface area (Å²) in [6.07, 6.45) is 3.90. The maximum absolute atomic E-state index is 8.04. The van der Waals surface area contributed by atoms with E-state index in [-0.39, 0.29) is 0 Å². The first kappa shape index (κ1) is 7.64. The molecule has 2 nitrogen and oxygen atoms in total. The minimum absolute atomic E-state index is 0.537. The number of nitrogens with one attached hydrogen (secondary N) is 1. The molecule has 0 rings (SSSR count). The summed E-state index contributed by atoms with van der Waals surface area (Å²) in [6, 6.07) is 0. The van der Waals surface area contributed by atoms with Crippen molar-refractivity contribution in [2.24, 2.45) is 0 Å². The van der Waals surface area contributed by atoms with Crippen LogP contribution in [0.15, 0.2) is 0 Å². The molecule has 0 amide bonds. The number of thioether (sulfide) groups is 1. The van der Waals surface area contributed by atoms with Gasteiger partial charge in [-0.25, -0.2) is 0 Å². The number of rotatable bonds is 3. The second-order valence-corrected chi connectivity index (χ2v) is 2.82. The van der Waals surface area contributed by atoms with E-state index in [0.717, 1.165) is 6.54 Å². The van der Waals surface area contributed by atoms with Gasteiger partial charge in [-0.3, -0.25) is 0 Å². The molecule has 0 saturated heterocycles. The maximum Gasteiger partial charge on any atom is 0.176 e. The van der Waals surface area contributed by atoms with Gasteiger partial charge < -0.3 is 5.32 Å². The molecular formula is C5H10N2S. The standard InChI is InChI=1S/C5H10N2S/c1-5(8-2)3-7-4-6/h5,7H,3H2,1-2H3. The zero-order valence-corrected chi connectivity index (χ0v) is 5.96. The number of hydrogen-bond donors (Lipinski definition) is 1. The summed E-state index contributed by atoms with van der Waals surface area (Å²) in [5.74, 6) is 0. The quantitative estimate of drug-likeness (QED) is 0.453. The molecule has 0 heterocycles. The van der Waals surface area contributed by atoms with Crippen molar-refractivity contribution in [1.82, 2.24) is 5.32 Å². The molecule has 1 unspecified atom stereocenters. The lowest BCUT2D eigenvalue weighted by Crippen LogP contribution is -2.16. The fourth-order valence-electron chi connectivity index (χ4n) is 0.273. The molecule has 0 aromatic carbocycles. The van der Waals surface area contributed by atoms with E-state index in [1.54, 1.807) is 11.8 Å². The van der Waals surface area contributed by atoms with Gasteiger partial charge in [0.15, 0.2) is 6.19 Å². The predicted octanol–water partition coefficient (Wildman–Crippen LogP) is 0.809. The van der Waals surface area contributed by atoms with Gasteiger partial charge in [0.05, 0.1) is 0 Å². The number of nitriles is 1. The lowest BCUT2D eigenvalue weighted by molar-refractivity contribution is 0.836. The van der Waals surface area contributed by atoms with Crippen molar-refractivity contribution >= 4 is 11.8 Å². The SMILES string of the molecule is CSC(C)CNC#N. The predicted molar refractivity (Wildman–Crippen MR) is 36.6 cm³/mol. The summed E-state index contributed by atoms with van der Waals surface area (Å²) in [5, 5.41) is 11.2. The highest BCUT2D eigenvalue weighted by molar-refractivity contribution is 7.99. The maximum atomic E-state index is 8.04. The average Bonchev–Trinajstić information content (AvgIpc) is 1.83. The molecule has 8 heavy (non-hydrogen) atoms. The van der Waals surface area contributed by atoms with Crippen molar-refractivity contribution in [2.45, 2.75) is 12.2 Å². The summed E-state index contributed by atoms with van der Waals surface area (Å²) < 4.78 is 0. The highest BCUT2D eigenvalue weighted by Gasteiger charge is 1.94. The topological polar surface area (TPSA) is 35.8 Å². The van der Waals surface area contributed by atoms with Crippen LogP contribution in [-0.2, 0) is 0 Å². The lowest BCUT2D eigenvalue weighted by atomic mass is 10.5. The van der Waals surface area contributed by atoms with E-state index in [2.05, 4.69) is 12.2 Å². The molecule has 0 aromatic heterocycles. The molecular weight excluding hydrogens is 120 g/mol. The van der Waals surface area contributed by atoms with Gasteiger partial charge in [0.1, 0.15) is 0 Å². The van der Waals surface area contributed by atoms with Crippen LogP contribution in [0.1, 0.15) is 6.92 Å². The van der Waals surface area contributed by atoms with Crippen molar-refractivity contribution in [2.75, 3.05) is 12.8 Å². The Kier molecular flexibility index (Phi) is 4.58. The van der Waals surface area contributed by atoms with Crippen LogP contribution >= 0.6 is 11.8 Å². The van der Waals surface area contributed by atoms with E-state index in [4.69, 9.17) is 5.26 Å². The lowest BCUT2D eigenvalue weighted by Gasteiger charge is -2.03. The normalized spacial score (nSPS) is 12.1. The van der Waals surface area contributed by atoms with E-state index >= 15 is 0 Å². The third kappa shape index (κ3) is 3.82. The fourth-order valence-corrected chi connectivity index (χ4v) is 0.523. The van der Waals surface area contributed by atoms with Crippen LogP contribution in [0.25, 0.3) is 0 Å². The molecule has 0 aliphatic rings. The molecule has 0 radical (unpaired) electrons. The van der Waals surface area contributed by atoms with Crippen LogP contribution in [-0.4, -0.2) is 18.1 Å². The summed E-state index contributed by atoms with van der Waals surface area (Å²) in [4.78, 5) is 0. The molecule has 0 spiro atoms. The van der Waals surface area contributed by atoms with Gasteiger partial charge >= 0.3 is 0 Å². The van der Waals surface area contributed by atoms with E-state index < -0.39 is 0 Å². The second-order valence-electron chi connectivity index (χ2n) is 1.54. The Morgan fingerprint density at radius 1 is 1.88 bits per heavy atom. The summed E-state index contributed by atoms with van der Waals surface area (Å²) in [6.45, 7) is 2.85. The Morgan fingerprint density at radius 3 is 2.88 bits per heavy atom. The third-order valence-corrected chi connectivity index (χ3v) is 1.84. The Morgan fingerprint density at radius 2 is 2.50 bits per heavy atom. The fraction of sp³-hybridized carbons (Fsp3) is 0.800. The van der Waals surface area contributed by atoms with Crippen LogP contribution < -0.4 is 5.32 Å². The Bertz CT molecular complexity index is 86.9. The molecule has 0 fully saturated rings. The zero-order chi connectivity index (χ0) is 6.41. The molecule has 0 saturated carbocycles. The van der Waals surface area contributed by atoms with Crippen molar-refractivity contribution < 1.29 is 0 Å². The van der Waals surface area contributed by atoms with Crippen LogP contribution in [0, 0.1) is 11.5 Å². The van der Waals surface area contributed by atoms with E-state index in [9.17, 15) is 0 Å². The van der Waals surface area contributed by atoms with Crippen molar-refractivity contribution in [3.05, 3.63) is 0 Å². The molecule has 46 valence electrons. The summed E-state index contributed by atoms with van der Waals surface area (Å²) >= 11 is 1.75. The highest BCUT2D eigenvalue weighted by Crippen LogP contribution is 2.01. The van der Waals surface area contributed by atoms with Gasteiger partial charge in [0.2, 0.25) is 0 Å². The first-order valence-corrected chi connectivity index (χ1v) is 3.74. The van der Waals surface area contributed by atoms with Gasteiger partial charge in [-0.1, -0.05) is 6.92 Å². The number of nitrogens with zero attached hydrogens (tertiary/aromatic N) is 1. The monoisotopic (exact) mass is 130 g/mol. The first-order chi connectivity index (χ1) is 3.81. The van der Waals surface area contributed by atoms with Crippen LogP contribution in [0.5, 0.6) is 0 Å². The van der Waals surface area contributed by atoms with E-state index in [1.165, 1.54) is 0 Å². The van der Waals surface area contributed by atoms with Crippen molar-refractivity contribution in [1.29, 1.82) is 5.26 Å². The highest BCUT2D eigenvalue weighted by atomic mass is 32.2. The van der Waals surface area contributed by atoms with E-state index in [1.807, 2.05) is 12.4 Å². The van der Waals surface area contributed by atoms with Crippen molar-refractivity contribution in [3.63, 3.8) is 0 Å². The third-order valence-electron chi connectivity index (χ3n) is 0.871. The smallest absolute Gasteiger partial charge is 0.176 e. The second kappa shape index (κ2) is 4.79. The molecule has 0 bridgehead atoms. The van der Waals surface area contributed by atoms with Gasteiger partial charge in [-0.2, -0.15) is 17.0 Å². The summed E-state index contributed by atoms with van der Waals surface area (Å²) in [7, 11) is 0. The van der Waals surface area contributed by atoms with Gasteiger partial charge in [-0.15, -0.1) is 0 Å². The van der Waals surface area contributed by atoms with E-state index in [0.29, 0.717) is 5.25 Å². The Labute approximate surface area is 54.3 Å². The van der Waals surface area contributed by atoms with Gasteiger partial charge in [0.25, 0.3) is 0 Å². The van der Waals surface area contributed by atoms with Crippen LogP contribution in [0.4, 0.5) is 0 Å². The minimum Gasteiger partial charge on any atom is -0.323 e. The molecule has 1 atom stereocenters. The molecule has 3 heteroatoms. The van der Waals surface area contributed by atoms with Crippen LogP contribution in [0.2, 0.25) is 0 Å². The Balaban J connectivity index is 3.01. The van der Waals surface area contributed by atoms with Gasteiger partial charge in [0, 0.05) is 11.8 Å². The molecule has 0 aliphatic carbocycles. The number of hydrogen-bond acceptors (Lipinski definition) is 3. The Hall–Kier alpha value is -0.360. The molecule has 0 aromatic rings. The largest absolute Gasteiger partial charge is 0.323 e. The first-order valence-electron chi connectivity index (χ1n) is 2.46. The molecule has 0 aliphatic heterocycles. The van der Waals surface area contributed by atoms with Gasteiger partial charge in [-0.05, 0) is 6.26 Å².